The molecule has 16 heavy (non-hydrogen) atoms. The highest BCUT2D eigenvalue weighted by molar-refractivity contribution is 4.77. The fourth-order valence-electron chi connectivity index (χ4n) is 2.49. The molecule has 1 fully saturated rings. The Morgan fingerprint density at radius 2 is 0.812 bits per heavy atom. The predicted octanol–water partition coefficient (Wildman–Crippen LogP) is 0.430. The van der Waals surface area contributed by atoms with Crippen molar-refractivity contribution in [2.75, 3.05) is 0 Å². The van der Waals surface area contributed by atoms with Crippen LogP contribution in [0, 0.1) is 0 Å². The van der Waals surface area contributed by atoms with E-state index in [4.69, 9.17) is 22.9 Å². The van der Waals surface area contributed by atoms with E-state index in [1.807, 2.05) is 0 Å². The van der Waals surface area contributed by atoms with Crippen LogP contribution in [0.4, 0.5) is 0 Å². The van der Waals surface area contributed by atoms with Crippen LogP contribution in [-0.4, -0.2) is 24.2 Å². The molecule has 8 N–H and O–H groups in total. The Kier molecular flexibility index (Phi) is 6.28. The van der Waals surface area contributed by atoms with E-state index in [9.17, 15) is 0 Å². The van der Waals surface area contributed by atoms with Gasteiger partial charge in [0.25, 0.3) is 0 Å². The zero-order valence-electron chi connectivity index (χ0n) is 10.3. The SMILES string of the molecule is NC1CCCC[C@@H](N)C[C@@H](N)CCC(N)C1. The van der Waals surface area contributed by atoms with Crippen molar-refractivity contribution in [1.29, 1.82) is 0 Å². The molecule has 1 aliphatic carbocycles. The number of hydrogen-bond donors (Lipinski definition) is 4. The van der Waals surface area contributed by atoms with Crippen LogP contribution in [0.5, 0.6) is 0 Å². The molecule has 0 bridgehead atoms. The molecule has 4 nitrogen and oxygen atoms in total. The maximum atomic E-state index is 6.04. The average molecular weight is 228 g/mol. The third kappa shape index (κ3) is 5.80. The Hall–Kier alpha value is -0.160. The van der Waals surface area contributed by atoms with Gasteiger partial charge in [0.15, 0.2) is 0 Å². The minimum atomic E-state index is 0.205. The molecule has 0 amide bonds. The van der Waals surface area contributed by atoms with Crippen LogP contribution in [0.3, 0.4) is 0 Å². The summed E-state index contributed by atoms with van der Waals surface area (Å²) < 4.78 is 0. The summed E-state index contributed by atoms with van der Waals surface area (Å²) in [4.78, 5) is 0. The van der Waals surface area contributed by atoms with Gasteiger partial charge >= 0.3 is 0 Å². The van der Waals surface area contributed by atoms with E-state index in [0.717, 1.165) is 51.4 Å². The highest BCUT2D eigenvalue weighted by Gasteiger charge is 2.15. The van der Waals surface area contributed by atoms with Crippen molar-refractivity contribution in [3.8, 4) is 0 Å². The number of hydrogen-bond acceptors (Lipinski definition) is 4. The molecular formula is C12H28N4. The zero-order valence-corrected chi connectivity index (χ0v) is 10.3. The molecule has 0 aromatic carbocycles. The van der Waals surface area contributed by atoms with E-state index in [1.54, 1.807) is 0 Å². The maximum absolute atomic E-state index is 6.04. The lowest BCUT2D eigenvalue weighted by molar-refractivity contribution is 0.390. The zero-order chi connectivity index (χ0) is 12.0. The lowest BCUT2D eigenvalue weighted by atomic mass is 9.92. The Bertz CT molecular complexity index is 166. The molecule has 2 unspecified atom stereocenters. The summed E-state index contributed by atoms with van der Waals surface area (Å²) in [7, 11) is 0. The predicted molar refractivity (Wildman–Crippen MR) is 68.8 cm³/mol. The summed E-state index contributed by atoms with van der Waals surface area (Å²) in [6.07, 6.45) is 8.29. The van der Waals surface area contributed by atoms with E-state index < -0.39 is 0 Å². The van der Waals surface area contributed by atoms with E-state index in [1.165, 1.54) is 0 Å². The molecule has 96 valence electrons. The quantitative estimate of drug-likeness (QED) is 0.482. The van der Waals surface area contributed by atoms with E-state index in [0.29, 0.717) is 0 Å². The molecule has 0 saturated heterocycles. The van der Waals surface area contributed by atoms with Crippen LogP contribution >= 0.6 is 0 Å². The van der Waals surface area contributed by atoms with Gasteiger partial charge in [-0.2, -0.15) is 0 Å². The van der Waals surface area contributed by atoms with Crippen LogP contribution in [0.25, 0.3) is 0 Å². The molecule has 1 saturated carbocycles. The summed E-state index contributed by atoms with van der Waals surface area (Å²) in [5.41, 5.74) is 24.1. The second-order valence-electron chi connectivity index (χ2n) is 5.37. The third-order valence-corrected chi connectivity index (χ3v) is 3.52. The Morgan fingerprint density at radius 3 is 1.19 bits per heavy atom. The Labute approximate surface area is 99.1 Å². The van der Waals surface area contributed by atoms with Gasteiger partial charge in [0.1, 0.15) is 0 Å². The molecule has 0 spiro atoms. The van der Waals surface area contributed by atoms with Crippen molar-refractivity contribution in [3.63, 3.8) is 0 Å². The van der Waals surface area contributed by atoms with Crippen molar-refractivity contribution < 1.29 is 0 Å². The van der Waals surface area contributed by atoms with Gasteiger partial charge in [-0.3, -0.25) is 0 Å². The van der Waals surface area contributed by atoms with Gasteiger partial charge in [0, 0.05) is 24.2 Å². The first-order chi connectivity index (χ1) is 7.58. The molecule has 0 heterocycles. The summed E-state index contributed by atoms with van der Waals surface area (Å²) in [5, 5.41) is 0. The third-order valence-electron chi connectivity index (χ3n) is 3.52. The van der Waals surface area contributed by atoms with Crippen LogP contribution in [-0.2, 0) is 0 Å². The fourth-order valence-corrected chi connectivity index (χ4v) is 2.49. The van der Waals surface area contributed by atoms with Crippen molar-refractivity contribution in [3.05, 3.63) is 0 Å². The van der Waals surface area contributed by atoms with E-state index >= 15 is 0 Å². The van der Waals surface area contributed by atoms with Crippen LogP contribution in [0.15, 0.2) is 0 Å². The molecule has 1 rings (SSSR count). The normalized spacial score (nSPS) is 39.8. The molecule has 0 aliphatic heterocycles. The topological polar surface area (TPSA) is 104 Å². The molecule has 4 heteroatoms. The van der Waals surface area contributed by atoms with Crippen LogP contribution in [0.2, 0.25) is 0 Å². The standard InChI is InChI=1S/C12H28N4/c13-9-3-1-2-4-10(14)8-12(16)6-5-11(15)7-9/h9-12H,1-8,13-16H2/t9-,10?,11+,12?/m1/s1. The Morgan fingerprint density at radius 1 is 0.500 bits per heavy atom. The highest BCUT2D eigenvalue weighted by atomic mass is 14.7. The van der Waals surface area contributed by atoms with Crippen molar-refractivity contribution in [2.24, 2.45) is 22.9 Å². The summed E-state index contributed by atoms with van der Waals surface area (Å²) in [6.45, 7) is 0. The van der Waals surface area contributed by atoms with Gasteiger partial charge in [0.05, 0.1) is 0 Å². The second kappa shape index (κ2) is 7.22. The van der Waals surface area contributed by atoms with Crippen molar-refractivity contribution in [1.82, 2.24) is 0 Å². The monoisotopic (exact) mass is 228 g/mol. The largest absolute Gasteiger partial charge is 0.328 e. The molecule has 0 aromatic heterocycles. The summed E-state index contributed by atoms with van der Waals surface area (Å²) in [5.74, 6) is 0. The van der Waals surface area contributed by atoms with Gasteiger partial charge in [-0.25, -0.2) is 0 Å². The van der Waals surface area contributed by atoms with Crippen molar-refractivity contribution >= 4 is 0 Å². The molecule has 4 atom stereocenters. The molecular weight excluding hydrogens is 200 g/mol. The van der Waals surface area contributed by atoms with E-state index in [2.05, 4.69) is 0 Å². The highest BCUT2D eigenvalue weighted by Crippen LogP contribution is 2.14. The first-order valence-corrected chi connectivity index (χ1v) is 6.60. The van der Waals surface area contributed by atoms with Gasteiger partial charge in [-0.1, -0.05) is 12.8 Å². The van der Waals surface area contributed by atoms with Gasteiger partial charge in [0.2, 0.25) is 0 Å². The maximum Gasteiger partial charge on any atom is 0.00541 e. The van der Waals surface area contributed by atoms with Gasteiger partial charge in [-0.15, -0.1) is 0 Å². The van der Waals surface area contributed by atoms with Crippen LogP contribution < -0.4 is 22.9 Å². The minimum Gasteiger partial charge on any atom is -0.328 e. The first-order valence-electron chi connectivity index (χ1n) is 6.60. The summed E-state index contributed by atoms with van der Waals surface area (Å²) in [6, 6.07) is 0.914. The first kappa shape index (κ1) is 13.9. The fraction of sp³-hybridized carbons (Fsp3) is 1.00. The average Bonchev–Trinajstić information content (AvgIpc) is 2.20. The molecule has 1 aliphatic rings. The Balaban J connectivity index is 2.40. The lowest BCUT2D eigenvalue weighted by Gasteiger charge is -2.22. The smallest absolute Gasteiger partial charge is 0.00541 e. The lowest BCUT2D eigenvalue weighted by Crippen LogP contribution is -2.36. The molecule has 0 radical (unpaired) electrons. The number of nitrogens with two attached hydrogens (primary N) is 4. The molecule has 0 aromatic rings. The second-order valence-corrected chi connectivity index (χ2v) is 5.37. The minimum absolute atomic E-state index is 0.205. The van der Waals surface area contributed by atoms with Crippen LogP contribution in [0.1, 0.15) is 51.4 Å². The van der Waals surface area contributed by atoms with E-state index in [-0.39, 0.29) is 24.2 Å². The van der Waals surface area contributed by atoms with Crippen molar-refractivity contribution in [2.45, 2.75) is 75.5 Å². The number of rotatable bonds is 0. The van der Waals surface area contributed by atoms with Gasteiger partial charge < -0.3 is 22.9 Å². The van der Waals surface area contributed by atoms with Gasteiger partial charge in [-0.05, 0) is 38.5 Å². The summed E-state index contributed by atoms with van der Waals surface area (Å²) >= 11 is 0.